The zero-order chi connectivity index (χ0) is 19.6. The van der Waals surface area contributed by atoms with Crippen molar-refractivity contribution in [1.29, 1.82) is 0 Å². The third kappa shape index (κ3) is 6.03. The first-order valence-electron chi connectivity index (χ1n) is 8.09. The van der Waals surface area contributed by atoms with Crippen molar-refractivity contribution in [1.82, 2.24) is 5.32 Å². The van der Waals surface area contributed by atoms with Gasteiger partial charge in [0.2, 0.25) is 11.8 Å². The maximum absolute atomic E-state index is 12.1. The summed E-state index contributed by atoms with van der Waals surface area (Å²) in [6.07, 6.45) is 4.38. The van der Waals surface area contributed by atoms with Gasteiger partial charge >= 0.3 is 5.97 Å². The maximum atomic E-state index is 12.1. The van der Waals surface area contributed by atoms with E-state index in [2.05, 4.69) is 10.6 Å². The van der Waals surface area contributed by atoms with Gasteiger partial charge in [0.05, 0.1) is 31.7 Å². The molecule has 1 heterocycles. The predicted octanol–water partition coefficient (Wildman–Crippen LogP) is 2.23. The zero-order valence-corrected chi connectivity index (χ0v) is 15.0. The minimum absolute atomic E-state index is 0.0347. The fourth-order valence-corrected chi connectivity index (χ4v) is 2.15. The van der Waals surface area contributed by atoms with Crippen LogP contribution in [-0.4, -0.2) is 38.5 Å². The molecule has 0 saturated heterocycles. The van der Waals surface area contributed by atoms with Crippen molar-refractivity contribution in [3.63, 3.8) is 0 Å². The molecule has 1 aromatic heterocycles. The SMILES string of the molecule is COC(=O)c1cc(OC)ccc1NC(=O)CCNC(=O)/C=C/c1ccco1. The van der Waals surface area contributed by atoms with Crippen LogP contribution in [0.4, 0.5) is 5.69 Å². The number of nitrogens with one attached hydrogen (secondary N) is 2. The second-order valence-corrected chi connectivity index (χ2v) is 5.34. The molecule has 2 N–H and O–H groups in total. The van der Waals surface area contributed by atoms with Gasteiger partial charge in [0, 0.05) is 19.0 Å². The van der Waals surface area contributed by atoms with Gasteiger partial charge in [-0.25, -0.2) is 4.79 Å². The molecule has 1 aromatic carbocycles. The van der Waals surface area contributed by atoms with Gasteiger partial charge in [-0.2, -0.15) is 0 Å². The van der Waals surface area contributed by atoms with Gasteiger partial charge in [0.1, 0.15) is 11.5 Å². The van der Waals surface area contributed by atoms with E-state index in [9.17, 15) is 14.4 Å². The number of benzene rings is 1. The Kier molecular flexibility index (Phi) is 7.18. The summed E-state index contributed by atoms with van der Waals surface area (Å²) in [4.78, 5) is 35.6. The van der Waals surface area contributed by atoms with Crippen LogP contribution in [0.25, 0.3) is 6.08 Å². The van der Waals surface area contributed by atoms with Crippen LogP contribution in [0, 0.1) is 0 Å². The normalized spacial score (nSPS) is 10.4. The highest BCUT2D eigenvalue weighted by molar-refractivity contribution is 6.01. The smallest absolute Gasteiger partial charge is 0.340 e. The molecule has 0 spiro atoms. The maximum Gasteiger partial charge on any atom is 0.340 e. The number of anilines is 1. The van der Waals surface area contributed by atoms with E-state index >= 15 is 0 Å². The molecule has 2 aromatic rings. The van der Waals surface area contributed by atoms with E-state index in [0.29, 0.717) is 17.2 Å². The quantitative estimate of drug-likeness (QED) is 0.544. The first-order chi connectivity index (χ1) is 13.0. The fourth-order valence-electron chi connectivity index (χ4n) is 2.15. The van der Waals surface area contributed by atoms with Gasteiger partial charge in [0.15, 0.2) is 0 Å². The second-order valence-electron chi connectivity index (χ2n) is 5.34. The van der Waals surface area contributed by atoms with Crippen molar-refractivity contribution < 1.29 is 28.3 Å². The number of hydrogen-bond acceptors (Lipinski definition) is 6. The van der Waals surface area contributed by atoms with E-state index < -0.39 is 5.97 Å². The molecular formula is C19H20N2O6. The molecule has 0 fully saturated rings. The number of ether oxygens (including phenoxy) is 2. The van der Waals surface area contributed by atoms with Gasteiger partial charge in [0.25, 0.3) is 0 Å². The van der Waals surface area contributed by atoms with Crippen LogP contribution in [-0.2, 0) is 14.3 Å². The Bertz CT molecular complexity index is 827. The van der Waals surface area contributed by atoms with E-state index in [1.807, 2.05) is 0 Å². The predicted molar refractivity (Wildman–Crippen MR) is 98.3 cm³/mol. The van der Waals surface area contributed by atoms with Crippen molar-refractivity contribution in [3.05, 3.63) is 54.0 Å². The Balaban J connectivity index is 1.86. The van der Waals surface area contributed by atoms with Crippen LogP contribution < -0.4 is 15.4 Å². The minimum atomic E-state index is -0.597. The van der Waals surface area contributed by atoms with Crippen LogP contribution in [0.3, 0.4) is 0 Å². The molecule has 27 heavy (non-hydrogen) atoms. The number of esters is 1. The summed E-state index contributed by atoms with van der Waals surface area (Å²) in [5.74, 6) is -0.290. The average Bonchev–Trinajstić information content (AvgIpc) is 3.19. The number of methoxy groups -OCH3 is 2. The molecule has 0 unspecified atom stereocenters. The highest BCUT2D eigenvalue weighted by Gasteiger charge is 2.15. The average molecular weight is 372 g/mol. The molecule has 0 aliphatic rings. The number of furan rings is 1. The monoisotopic (exact) mass is 372 g/mol. The molecule has 8 nitrogen and oxygen atoms in total. The molecule has 0 radical (unpaired) electrons. The van der Waals surface area contributed by atoms with Crippen molar-refractivity contribution in [2.75, 3.05) is 26.1 Å². The van der Waals surface area contributed by atoms with Gasteiger partial charge < -0.3 is 24.5 Å². The number of amides is 2. The summed E-state index contributed by atoms with van der Waals surface area (Å²) >= 11 is 0. The Morgan fingerprint density at radius 2 is 2.00 bits per heavy atom. The Morgan fingerprint density at radius 3 is 2.67 bits per heavy atom. The summed E-state index contributed by atoms with van der Waals surface area (Å²) in [6, 6.07) is 8.06. The molecule has 0 bridgehead atoms. The Hall–Kier alpha value is -3.55. The lowest BCUT2D eigenvalue weighted by Gasteiger charge is -2.11. The fraction of sp³-hybridized carbons (Fsp3) is 0.211. The lowest BCUT2D eigenvalue weighted by Crippen LogP contribution is -2.26. The summed E-state index contributed by atoms with van der Waals surface area (Å²) in [5.41, 5.74) is 0.479. The number of carbonyl (C=O) groups is 3. The number of hydrogen-bond donors (Lipinski definition) is 2. The van der Waals surface area contributed by atoms with Crippen molar-refractivity contribution >= 4 is 29.5 Å². The van der Waals surface area contributed by atoms with E-state index in [4.69, 9.17) is 13.9 Å². The van der Waals surface area contributed by atoms with Crippen molar-refractivity contribution in [2.45, 2.75) is 6.42 Å². The van der Waals surface area contributed by atoms with E-state index in [0.717, 1.165) is 0 Å². The third-order valence-corrected chi connectivity index (χ3v) is 3.50. The first kappa shape index (κ1) is 19.8. The van der Waals surface area contributed by atoms with Gasteiger partial charge in [-0.05, 0) is 36.4 Å². The number of rotatable bonds is 8. The molecular weight excluding hydrogens is 352 g/mol. The molecule has 8 heteroatoms. The molecule has 2 amide bonds. The van der Waals surface area contributed by atoms with Gasteiger partial charge in [-0.3, -0.25) is 9.59 Å². The first-order valence-corrected chi connectivity index (χ1v) is 8.09. The van der Waals surface area contributed by atoms with E-state index in [1.54, 1.807) is 24.3 Å². The summed E-state index contributed by atoms with van der Waals surface area (Å²) < 4.78 is 14.9. The lowest BCUT2D eigenvalue weighted by atomic mass is 10.1. The molecule has 0 aliphatic carbocycles. The summed E-state index contributed by atoms with van der Waals surface area (Å²) in [7, 11) is 2.72. The van der Waals surface area contributed by atoms with Crippen molar-refractivity contribution in [3.8, 4) is 5.75 Å². The third-order valence-electron chi connectivity index (χ3n) is 3.50. The highest BCUT2D eigenvalue weighted by atomic mass is 16.5. The minimum Gasteiger partial charge on any atom is -0.497 e. The molecule has 0 saturated carbocycles. The Morgan fingerprint density at radius 1 is 1.19 bits per heavy atom. The topological polar surface area (TPSA) is 107 Å². The van der Waals surface area contributed by atoms with Gasteiger partial charge in [-0.1, -0.05) is 0 Å². The number of carbonyl (C=O) groups excluding carboxylic acids is 3. The van der Waals surface area contributed by atoms with Crippen LogP contribution in [0.2, 0.25) is 0 Å². The zero-order valence-electron chi connectivity index (χ0n) is 15.0. The molecule has 2 rings (SSSR count). The summed E-state index contributed by atoms with van der Waals surface area (Å²) in [6.45, 7) is 0.136. The van der Waals surface area contributed by atoms with E-state index in [1.165, 1.54) is 38.7 Å². The molecule has 0 atom stereocenters. The Labute approximate surface area is 156 Å². The van der Waals surface area contributed by atoms with Crippen LogP contribution in [0.5, 0.6) is 5.75 Å². The molecule has 142 valence electrons. The largest absolute Gasteiger partial charge is 0.497 e. The standard InChI is InChI=1S/C19H20N2O6/c1-25-14-5-7-16(15(12-14)19(24)26-2)21-18(23)9-10-20-17(22)8-6-13-4-3-11-27-13/h3-8,11-12H,9-10H2,1-2H3,(H,20,22)(H,21,23)/b8-6+. The molecule has 0 aliphatic heterocycles. The second kappa shape index (κ2) is 9.81. The van der Waals surface area contributed by atoms with Crippen LogP contribution in [0.15, 0.2) is 47.1 Å². The van der Waals surface area contributed by atoms with Gasteiger partial charge in [-0.15, -0.1) is 0 Å². The highest BCUT2D eigenvalue weighted by Crippen LogP contribution is 2.23. The lowest BCUT2D eigenvalue weighted by molar-refractivity contribution is -0.117. The van der Waals surface area contributed by atoms with E-state index in [-0.39, 0.29) is 30.3 Å². The van der Waals surface area contributed by atoms with Crippen LogP contribution >= 0.6 is 0 Å². The van der Waals surface area contributed by atoms with Crippen LogP contribution in [0.1, 0.15) is 22.5 Å². The summed E-state index contributed by atoms with van der Waals surface area (Å²) in [5, 5.41) is 5.21. The van der Waals surface area contributed by atoms with Crippen molar-refractivity contribution in [2.24, 2.45) is 0 Å².